The first kappa shape index (κ1) is 11.2. The summed E-state index contributed by atoms with van der Waals surface area (Å²) in [5.74, 6) is 0. The average molecular weight is 245 g/mol. The van der Waals surface area contributed by atoms with Gasteiger partial charge < -0.3 is 0 Å². The monoisotopic (exact) mass is 245 g/mol. The Bertz CT molecular complexity index is 509. The summed E-state index contributed by atoms with van der Waals surface area (Å²) < 4.78 is 1.44. The fourth-order valence-corrected chi connectivity index (χ4v) is 3.86. The molecule has 0 radical (unpaired) electrons. The molecule has 1 aromatic heterocycles. The standard InChI is InChI=1S/C15H19NS/c1-12-6-5-7-15-14(12)10-13(17-15)11-16-8-3-2-4-9-16/h5-7,10H,2-4,8-9,11H2,1H3. The van der Waals surface area contributed by atoms with Crippen molar-refractivity contribution in [3.8, 4) is 0 Å². The van der Waals surface area contributed by atoms with Crippen molar-refractivity contribution in [2.45, 2.75) is 32.7 Å². The smallest absolute Gasteiger partial charge is 0.0348 e. The second-order valence-corrected chi connectivity index (χ2v) is 6.20. The number of hydrogen-bond donors (Lipinski definition) is 0. The molecule has 1 saturated heterocycles. The van der Waals surface area contributed by atoms with E-state index in [1.165, 1.54) is 52.9 Å². The van der Waals surface area contributed by atoms with Crippen LogP contribution in [0.3, 0.4) is 0 Å². The molecule has 0 aliphatic carbocycles. The number of benzene rings is 1. The Morgan fingerprint density at radius 2 is 2.00 bits per heavy atom. The van der Waals surface area contributed by atoms with Gasteiger partial charge in [-0.3, -0.25) is 4.90 Å². The Hall–Kier alpha value is -0.860. The number of piperidine rings is 1. The summed E-state index contributed by atoms with van der Waals surface area (Å²) in [6, 6.07) is 9.01. The molecule has 0 bridgehead atoms. The van der Waals surface area contributed by atoms with Crippen LogP contribution in [-0.2, 0) is 6.54 Å². The zero-order valence-electron chi connectivity index (χ0n) is 10.4. The minimum atomic E-state index is 1.15. The normalized spacial score (nSPS) is 17.7. The van der Waals surface area contributed by atoms with E-state index in [1.54, 1.807) is 0 Å². The van der Waals surface area contributed by atoms with Gasteiger partial charge in [0, 0.05) is 16.1 Å². The number of fused-ring (bicyclic) bond motifs is 1. The third kappa shape index (κ3) is 2.38. The molecule has 0 saturated carbocycles. The zero-order chi connectivity index (χ0) is 11.7. The van der Waals surface area contributed by atoms with Crippen LogP contribution < -0.4 is 0 Å². The lowest BCUT2D eigenvalue weighted by atomic mass is 10.1. The van der Waals surface area contributed by atoms with E-state index in [0.717, 1.165) is 6.54 Å². The highest BCUT2D eigenvalue weighted by molar-refractivity contribution is 7.19. The van der Waals surface area contributed by atoms with Crippen LogP contribution in [-0.4, -0.2) is 18.0 Å². The number of nitrogens with zero attached hydrogens (tertiary/aromatic N) is 1. The SMILES string of the molecule is Cc1cccc2sc(CN3CCCCC3)cc12. The third-order valence-electron chi connectivity index (χ3n) is 3.66. The molecule has 90 valence electrons. The van der Waals surface area contributed by atoms with Crippen LogP contribution in [0.1, 0.15) is 29.7 Å². The van der Waals surface area contributed by atoms with E-state index in [-0.39, 0.29) is 0 Å². The maximum atomic E-state index is 2.60. The Balaban J connectivity index is 1.83. The van der Waals surface area contributed by atoms with Crippen molar-refractivity contribution in [1.29, 1.82) is 0 Å². The maximum absolute atomic E-state index is 2.60. The first-order chi connectivity index (χ1) is 8.33. The quantitative estimate of drug-likeness (QED) is 0.766. The summed E-state index contributed by atoms with van der Waals surface area (Å²) in [5, 5.41) is 1.45. The van der Waals surface area contributed by atoms with E-state index in [1.807, 2.05) is 11.3 Å². The van der Waals surface area contributed by atoms with E-state index in [4.69, 9.17) is 0 Å². The number of hydrogen-bond acceptors (Lipinski definition) is 2. The van der Waals surface area contributed by atoms with Gasteiger partial charge in [0.25, 0.3) is 0 Å². The molecule has 1 aliphatic heterocycles. The van der Waals surface area contributed by atoms with Crippen LogP contribution in [0.4, 0.5) is 0 Å². The molecule has 0 amide bonds. The highest BCUT2D eigenvalue weighted by atomic mass is 32.1. The van der Waals surface area contributed by atoms with E-state index in [0.29, 0.717) is 0 Å². The molecule has 1 nitrogen and oxygen atoms in total. The highest BCUT2D eigenvalue weighted by Gasteiger charge is 2.12. The van der Waals surface area contributed by atoms with Crippen molar-refractivity contribution in [2.75, 3.05) is 13.1 Å². The van der Waals surface area contributed by atoms with Crippen LogP contribution >= 0.6 is 11.3 Å². The molecule has 1 aromatic carbocycles. The minimum absolute atomic E-state index is 1.15. The Morgan fingerprint density at radius 1 is 1.18 bits per heavy atom. The lowest BCUT2D eigenvalue weighted by Gasteiger charge is -2.25. The number of thiophene rings is 1. The number of rotatable bonds is 2. The lowest BCUT2D eigenvalue weighted by molar-refractivity contribution is 0.223. The van der Waals surface area contributed by atoms with Gasteiger partial charge in [-0.2, -0.15) is 0 Å². The van der Waals surface area contributed by atoms with Crippen LogP contribution in [0.5, 0.6) is 0 Å². The lowest BCUT2D eigenvalue weighted by Crippen LogP contribution is -2.28. The molecule has 3 rings (SSSR count). The van der Waals surface area contributed by atoms with Crippen molar-refractivity contribution < 1.29 is 0 Å². The van der Waals surface area contributed by atoms with Gasteiger partial charge in [-0.25, -0.2) is 0 Å². The van der Waals surface area contributed by atoms with Gasteiger partial charge in [0.1, 0.15) is 0 Å². The predicted molar refractivity (Wildman–Crippen MR) is 75.7 cm³/mol. The van der Waals surface area contributed by atoms with Crippen LogP contribution in [0.2, 0.25) is 0 Å². The zero-order valence-corrected chi connectivity index (χ0v) is 11.2. The Morgan fingerprint density at radius 3 is 2.76 bits per heavy atom. The summed E-state index contributed by atoms with van der Waals surface area (Å²) >= 11 is 1.96. The minimum Gasteiger partial charge on any atom is -0.298 e. The van der Waals surface area contributed by atoms with Crippen molar-refractivity contribution >= 4 is 21.4 Å². The molecule has 1 aliphatic rings. The van der Waals surface area contributed by atoms with Gasteiger partial charge in [0.15, 0.2) is 0 Å². The van der Waals surface area contributed by atoms with Gasteiger partial charge in [-0.1, -0.05) is 18.6 Å². The predicted octanol–water partition coefficient (Wildman–Crippen LogP) is 4.20. The third-order valence-corrected chi connectivity index (χ3v) is 4.74. The summed E-state index contributed by atoms with van der Waals surface area (Å²) in [4.78, 5) is 4.12. The molecule has 2 aromatic rings. The molecule has 2 heterocycles. The molecular weight excluding hydrogens is 226 g/mol. The van der Waals surface area contributed by atoms with Gasteiger partial charge >= 0.3 is 0 Å². The Labute approximate surface area is 107 Å². The van der Waals surface area contributed by atoms with E-state index >= 15 is 0 Å². The van der Waals surface area contributed by atoms with Crippen LogP contribution in [0.25, 0.3) is 10.1 Å². The van der Waals surface area contributed by atoms with Gasteiger partial charge in [-0.05, 0) is 55.9 Å². The highest BCUT2D eigenvalue weighted by Crippen LogP contribution is 2.29. The van der Waals surface area contributed by atoms with Crippen molar-refractivity contribution in [3.63, 3.8) is 0 Å². The summed E-state index contributed by atoms with van der Waals surface area (Å²) in [5.41, 5.74) is 1.41. The number of aryl methyl sites for hydroxylation is 1. The van der Waals surface area contributed by atoms with E-state index < -0.39 is 0 Å². The van der Waals surface area contributed by atoms with E-state index in [2.05, 4.69) is 36.1 Å². The number of likely N-dealkylation sites (tertiary alicyclic amines) is 1. The molecule has 0 N–H and O–H groups in total. The van der Waals surface area contributed by atoms with E-state index in [9.17, 15) is 0 Å². The molecular formula is C15H19NS. The molecule has 17 heavy (non-hydrogen) atoms. The average Bonchev–Trinajstić information content (AvgIpc) is 2.74. The fraction of sp³-hybridized carbons (Fsp3) is 0.467. The molecule has 1 fully saturated rings. The van der Waals surface area contributed by atoms with Gasteiger partial charge in [0.2, 0.25) is 0 Å². The topological polar surface area (TPSA) is 3.24 Å². The first-order valence-electron chi connectivity index (χ1n) is 6.53. The second-order valence-electron chi connectivity index (χ2n) is 5.04. The largest absolute Gasteiger partial charge is 0.298 e. The molecule has 0 spiro atoms. The van der Waals surface area contributed by atoms with Crippen molar-refractivity contribution in [3.05, 3.63) is 34.7 Å². The van der Waals surface area contributed by atoms with Crippen molar-refractivity contribution in [2.24, 2.45) is 0 Å². The van der Waals surface area contributed by atoms with Gasteiger partial charge in [0.05, 0.1) is 0 Å². The van der Waals surface area contributed by atoms with Gasteiger partial charge in [-0.15, -0.1) is 11.3 Å². The summed E-state index contributed by atoms with van der Waals surface area (Å²) in [6.07, 6.45) is 4.18. The maximum Gasteiger partial charge on any atom is 0.0348 e. The van der Waals surface area contributed by atoms with Crippen molar-refractivity contribution in [1.82, 2.24) is 4.90 Å². The fourth-order valence-electron chi connectivity index (χ4n) is 2.68. The van der Waals surface area contributed by atoms with Crippen LogP contribution in [0.15, 0.2) is 24.3 Å². The first-order valence-corrected chi connectivity index (χ1v) is 7.35. The van der Waals surface area contributed by atoms with Crippen LogP contribution in [0, 0.1) is 6.92 Å². The Kier molecular flexibility index (Phi) is 3.17. The molecule has 0 unspecified atom stereocenters. The summed E-state index contributed by atoms with van der Waals surface area (Å²) in [7, 11) is 0. The summed E-state index contributed by atoms with van der Waals surface area (Å²) in [6.45, 7) is 5.93. The molecule has 2 heteroatoms. The molecule has 0 atom stereocenters. The second kappa shape index (κ2) is 4.79.